The van der Waals surface area contributed by atoms with Gasteiger partial charge >= 0.3 is 12.0 Å². The largest absolute Gasteiger partial charge is 0.465 e. The van der Waals surface area contributed by atoms with E-state index in [9.17, 15) is 19.2 Å². The lowest BCUT2D eigenvalue weighted by molar-refractivity contribution is -0.132. The lowest BCUT2D eigenvalue weighted by atomic mass is 9.82. The quantitative estimate of drug-likeness (QED) is 0.440. The van der Waals surface area contributed by atoms with Crippen LogP contribution in [0.15, 0.2) is 30.3 Å². The summed E-state index contributed by atoms with van der Waals surface area (Å²) in [5.74, 6) is -0.993. The summed E-state index contributed by atoms with van der Waals surface area (Å²) < 4.78 is 6.64. The molecule has 3 amide bonds. The van der Waals surface area contributed by atoms with Crippen LogP contribution in [0, 0.1) is 13.8 Å². The first-order valence-electron chi connectivity index (χ1n) is 10.8. The number of Topliss-reactive ketones (excluding diaryl/α,β-unsaturated/α-hetero) is 1. The Labute approximate surface area is 186 Å². The van der Waals surface area contributed by atoms with Crippen molar-refractivity contribution in [3.8, 4) is 5.69 Å². The lowest BCUT2D eigenvalue weighted by Gasteiger charge is -2.30. The number of benzene rings is 1. The summed E-state index contributed by atoms with van der Waals surface area (Å²) >= 11 is 0. The van der Waals surface area contributed by atoms with E-state index in [0.29, 0.717) is 29.7 Å². The molecule has 1 aromatic heterocycles. The summed E-state index contributed by atoms with van der Waals surface area (Å²) in [4.78, 5) is 51.4. The maximum atomic E-state index is 13.1. The van der Waals surface area contributed by atoms with Crippen molar-refractivity contribution in [1.82, 2.24) is 14.8 Å². The molecule has 2 heterocycles. The zero-order valence-corrected chi connectivity index (χ0v) is 18.6. The van der Waals surface area contributed by atoms with E-state index in [1.54, 1.807) is 30.3 Å². The zero-order chi connectivity index (χ0) is 23.0. The zero-order valence-electron chi connectivity index (χ0n) is 18.6. The molecule has 0 bridgehead atoms. The van der Waals surface area contributed by atoms with E-state index in [-0.39, 0.29) is 18.2 Å². The number of ketones is 1. The number of urea groups is 1. The van der Waals surface area contributed by atoms with Crippen LogP contribution in [0.5, 0.6) is 0 Å². The Balaban J connectivity index is 1.56. The van der Waals surface area contributed by atoms with Crippen molar-refractivity contribution >= 4 is 23.7 Å². The number of aromatic nitrogens is 1. The lowest BCUT2D eigenvalue weighted by Crippen LogP contribution is -2.48. The van der Waals surface area contributed by atoms with Crippen LogP contribution in [0.4, 0.5) is 4.79 Å². The van der Waals surface area contributed by atoms with Crippen LogP contribution in [-0.2, 0) is 9.53 Å². The molecule has 2 fully saturated rings. The average Bonchev–Trinajstić information content (AvgIpc) is 3.21. The predicted octanol–water partition coefficient (Wildman–Crippen LogP) is 3.32. The number of carbonyl (C=O) groups is 4. The van der Waals surface area contributed by atoms with Gasteiger partial charge in [0.25, 0.3) is 5.91 Å². The van der Waals surface area contributed by atoms with Gasteiger partial charge in [-0.25, -0.2) is 9.59 Å². The van der Waals surface area contributed by atoms with E-state index in [0.717, 1.165) is 35.5 Å². The van der Waals surface area contributed by atoms with Gasteiger partial charge in [-0.1, -0.05) is 19.3 Å². The maximum Gasteiger partial charge on any atom is 0.337 e. The fourth-order valence-corrected chi connectivity index (χ4v) is 4.85. The van der Waals surface area contributed by atoms with Gasteiger partial charge < -0.3 is 14.6 Å². The normalized spacial score (nSPS) is 17.5. The second kappa shape index (κ2) is 8.26. The Morgan fingerprint density at radius 2 is 1.72 bits per heavy atom. The van der Waals surface area contributed by atoms with Crippen molar-refractivity contribution in [3.63, 3.8) is 0 Å². The second-order valence-corrected chi connectivity index (χ2v) is 8.55. The van der Waals surface area contributed by atoms with E-state index in [2.05, 4.69) is 5.32 Å². The van der Waals surface area contributed by atoms with E-state index in [4.69, 9.17) is 4.74 Å². The molecular weight excluding hydrogens is 410 g/mol. The number of ether oxygens (including phenoxy) is 1. The van der Waals surface area contributed by atoms with Gasteiger partial charge in [0.05, 0.1) is 19.2 Å². The van der Waals surface area contributed by atoms with Gasteiger partial charge in [-0.2, -0.15) is 0 Å². The molecule has 1 aliphatic heterocycles. The van der Waals surface area contributed by atoms with Crippen LogP contribution in [-0.4, -0.2) is 52.4 Å². The Morgan fingerprint density at radius 3 is 2.34 bits per heavy atom. The SMILES string of the molecule is COC(=O)c1ccc(-n2c(C)cc(C(=O)CN3C(=O)NC4(CCCCC4)C3=O)c2C)cc1. The van der Waals surface area contributed by atoms with Crippen LogP contribution < -0.4 is 5.32 Å². The number of rotatable bonds is 5. The number of hydrogen-bond donors (Lipinski definition) is 1. The topological polar surface area (TPSA) is 97.7 Å². The predicted molar refractivity (Wildman–Crippen MR) is 117 cm³/mol. The number of nitrogens with one attached hydrogen (secondary N) is 1. The van der Waals surface area contributed by atoms with Crippen molar-refractivity contribution in [1.29, 1.82) is 0 Å². The van der Waals surface area contributed by atoms with Crippen molar-refractivity contribution < 1.29 is 23.9 Å². The molecule has 4 rings (SSSR count). The molecule has 1 aromatic carbocycles. The average molecular weight is 437 g/mol. The molecule has 2 aliphatic rings. The third kappa shape index (κ3) is 3.59. The number of aryl methyl sites for hydroxylation is 1. The summed E-state index contributed by atoms with van der Waals surface area (Å²) in [6.07, 6.45) is 4.08. The maximum absolute atomic E-state index is 13.1. The first-order chi connectivity index (χ1) is 15.3. The molecule has 0 unspecified atom stereocenters. The summed E-state index contributed by atoms with van der Waals surface area (Å²) in [5, 5.41) is 2.84. The van der Waals surface area contributed by atoms with E-state index < -0.39 is 17.5 Å². The second-order valence-electron chi connectivity index (χ2n) is 8.55. The molecule has 0 radical (unpaired) electrons. The fraction of sp³-hybridized carbons (Fsp3) is 0.417. The smallest absolute Gasteiger partial charge is 0.337 e. The molecule has 1 saturated heterocycles. The molecule has 1 N–H and O–H groups in total. The van der Waals surface area contributed by atoms with Crippen LogP contribution in [0.3, 0.4) is 0 Å². The fourth-order valence-electron chi connectivity index (χ4n) is 4.85. The summed E-state index contributed by atoms with van der Waals surface area (Å²) in [6, 6.07) is 8.17. The minimum absolute atomic E-state index is 0.280. The van der Waals surface area contributed by atoms with E-state index in [1.165, 1.54) is 7.11 Å². The third-order valence-corrected chi connectivity index (χ3v) is 6.53. The Morgan fingerprint density at radius 1 is 1.06 bits per heavy atom. The minimum Gasteiger partial charge on any atom is -0.465 e. The number of imide groups is 1. The molecule has 1 aliphatic carbocycles. The van der Waals surface area contributed by atoms with Gasteiger partial charge in [0.15, 0.2) is 5.78 Å². The van der Waals surface area contributed by atoms with E-state index in [1.807, 2.05) is 18.4 Å². The minimum atomic E-state index is -0.839. The van der Waals surface area contributed by atoms with Gasteiger partial charge in [-0.15, -0.1) is 0 Å². The highest BCUT2D eigenvalue weighted by atomic mass is 16.5. The third-order valence-electron chi connectivity index (χ3n) is 6.53. The molecule has 2 aromatic rings. The summed E-state index contributed by atoms with van der Waals surface area (Å²) in [7, 11) is 1.33. The number of carbonyl (C=O) groups excluding carboxylic acids is 4. The first-order valence-corrected chi connectivity index (χ1v) is 10.8. The number of nitrogens with zero attached hydrogens (tertiary/aromatic N) is 2. The van der Waals surface area contributed by atoms with Gasteiger partial charge in [0, 0.05) is 22.6 Å². The standard InChI is InChI=1S/C24H27N3O5/c1-15-13-19(16(2)27(15)18-9-7-17(8-10-18)21(29)32-3)20(28)14-26-22(30)24(25-23(26)31)11-5-4-6-12-24/h7-10,13H,4-6,11-12,14H2,1-3H3,(H,25,31). The number of amides is 3. The van der Waals surface area contributed by atoms with Crippen LogP contribution in [0.1, 0.15) is 64.2 Å². The van der Waals surface area contributed by atoms with Crippen LogP contribution in [0.25, 0.3) is 5.69 Å². The molecule has 1 spiro atoms. The van der Waals surface area contributed by atoms with Gasteiger partial charge in [0.2, 0.25) is 0 Å². The summed E-state index contributed by atoms with van der Waals surface area (Å²) in [6.45, 7) is 3.42. The molecule has 0 atom stereocenters. The number of esters is 1. The molecule has 8 nitrogen and oxygen atoms in total. The Kier molecular flexibility index (Phi) is 5.62. The Hall–Kier alpha value is -3.42. The number of methoxy groups -OCH3 is 1. The monoisotopic (exact) mass is 437 g/mol. The van der Waals surface area contributed by atoms with E-state index >= 15 is 0 Å². The molecule has 168 valence electrons. The molecule has 32 heavy (non-hydrogen) atoms. The van der Waals surface area contributed by atoms with Crippen LogP contribution >= 0.6 is 0 Å². The number of hydrogen-bond acceptors (Lipinski definition) is 5. The molecule has 1 saturated carbocycles. The highest BCUT2D eigenvalue weighted by Gasteiger charge is 2.51. The molecular formula is C24H27N3O5. The van der Waals surface area contributed by atoms with Crippen molar-refractivity contribution in [2.45, 2.75) is 51.5 Å². The van der Waals surface area contributed by atoms with Gasteiger partial charge in [-0.3, -0.25) is 14.5 Å². The van der Waals surface area contributed by atoms with Crippen molar-refractivity contribution in [2.24, 2.45) is 0 Å². The Bertz CT molecular complexity index is 1090. The summed E-state index contributed by atoms with van der Waals surface area (Å²) in [5.41, 5.74) is 2.39. The first kappa shape index (κ1) is 21.8. The van der Waals surface area contributed by atoms with Crippen molar-refractivity contribution in [2.75, 3.05) is 13.7 Å². The van der Waals surface area contributed by atoms with Gasteiger partial charge in [-0.05, 0) is 57.0 Å². The molecule has 8 heteroatoms. The highest BCUT2D eigenvalue weighted by molar-refractivity contribution is 6.11. The van der Waals surface area contributed by atoms with Crippen LogP contribution in [0.2, 0.25) is 0 Å². The van der Waals surface area contributed by atoms with Crippen molar-refractivity contribution in [3.05, 3.63) is 52.8 Å². The highest BCUT2D eigenvalue weighted by Crippen LogP contribution is 2.34. The van der Waals surface area contributed by atoms with Gasteiger partial charge in [0.1, 0.15) is 5.54 Å².